The summed E-state index contributed by atoms with van der Waals surface area (Å²) in [6.45, 7) is 3.86. The first-order valence-electron chi connectivity index (χ1n) is 6.68. The maximum Gasteiger partial charge on any atom is 0.0948 e. The first kappa shape index (κ1) is 13.2. The number of rotatable bonds is 4. The van der Waals surface area contributed by atoms with Crippen LogP contribution in [0.2, 0.25) is 0 Å². The van der Waals surface area contributed by atoms with Gasteiger partial charge >= 0.3 is 0 Å². The molecule has 20 heavy (non-hydrogen) atoms. The van der Waals surface area contributed by atoms with Crippen LogP contribution in [0, 0.1) is 0 Å². The summed E-state index contributed by atoms with van der Waals surface area (Å²) in [5.41, 5.74) is 2.33. The number of aryl methyl sites for hydroxylation is 1. The van der Waals surface area contributed by atoms with Crippen molar-refractivity contribution in [1.29, 1.82) is 0 Å². The molecule has 0 aliphatic carbocycles. The number of nitrogens with zero attached hydrogens (tertiary/aromatic N) is 2. The van der Waals surface area contributed by atoms with Crippen molar-refractivity contribution < 1.29 is 0 Å². The highest BCUT2D eigenvalue weighted by atomic mass is 79.9. The lowest BCUT2D eigenvalue weighted by molar-refractivity contribution is 0.719. The van der Waals surface area contributed by atoms with Crippen LogP contribution in [0.25, 0.3) is 10.8 Å². The van der Waals surface area contributed by atoms with E-state index in [0.717, 1.165) is 23.2 Å². The fourth-order valence-corrected chi connectivity index (χ4v) is 2.68. The molecule has 3 nitrogen and oxygen atoms in total. The van der Waals surface area contributed by atoms with Crippen LogP contribution in [0.1, 0.15) is 12.6 Å². The van der Waals surface area contributed by atoms with Gasteiger partial charge in [0, 0.05) is 22.9 Å². The molecule has 0 saturated heterocycles. The van der Waals surface area contributed by atoms with E-state index in [1.165, 1.54) is 16.5 Å². The molecule has 0 radical (unpaired) electrons. The van der Waals surface area contributed by atoms with Gasteiger partial charge in [-0.05, 0) is 42.0 Å². The molecule has 1 aromatic heterocycles. The summed E-state index contributed by atoms with van der Waals surface area (Å²) < 4.78 is 3.25. The summed E-state index contributed by atoms with van der Waals surface area (Å²) >= 11 is 3.50. The van der Waals surface area contributed by atoms with Crippen LogP contribution >= 0.6 is 15.9 Å². The van der Waals surface area contributed by atoms with Crippen molar-refractivity contribution in [3.63, 3.8) is 0 Å². The zero-order valence-corrected chi connectivity index (χ0v) is 12.9. The standard InChI is InChI=1S/C16H16BrN3/c1-2-20-11-18-9-16(20)10-19-15-6-4-12-7-14(17)5-3-13(12)8-15/h3-9,11,19H,2,10H2,1H3. The van der Waals surface area contributed by atoms with Gasteiger partial charge in [0.2, 0.25) is 0 Å². The molecular weight excluding hydrogens is 314 g/mol. The summed E-state index contributed by atoms with van der Waals surface area (Å²) in [4.78, 5) is 4.18. The fraction of sp³-hybridized carbons (Fsp3) is 0.188. The molecule has 0 spiro atoms. The monoisotopic (exact) mass is 329 g/mol. The van der Waals surface area contributed by atoms with E-state index in [0.29, 0.717) is 0 Å². The van der Waals surface area contributed by atoms with Crippen molar-refractivity contribution in [2.45, 2.75) is 20.0 Å². The van der Waals surface area contributed by atoms with Gasteiger partial charge in [-0.1, -0.05) is 28.1 Å². The molecule has 2 aromatic carbocycles. The first-order valence-corrected chi connectivity index (χ1v) is 7.48. The van der Waals surface area contributed by atoms with Crippen LogP contribution in [-0.2, 0) is 13.1 Å². The molecule has 3 aromatic rings. The van der Waals surface area contributed by atoms with E-state index in [-0.39, 0.29) is 0 Å². The minimum absolute atomic E-state index is 0.788. The number of hydrogen-bond acceptors (Lipinski definition) is 2. The lowest BCUT2D eigenvalue weighted by atomic mass is 10.1. The third kappa shape index (κ3) is 2.70. The quantitative estimate of drug-likeness (QED) is 0.767. The second-order valence-electron chi connectivity index (χ2n) is 4.73. The summed E-state index contributed by atoms with van der Waals surface area (Å²) in [5.74, 6) is 0. The van der Waals surface area contributed by atoms with Gasteiger partial charge < -0.3 is 9.88 Å². The molecule has 0 atom stereocenters. The van der Waals surface area contributed by atoms with Gasteiger partial charge in [-0.3, -0.25) is 0 Å². The van der Waals surface area contributed by atoms with Crippen molar-refractivity contribution >= 4 is 32.4 Å². The summed E-state index contributed by atoms with van der Waals surface area (Å²) in [6.07, 6.45) is 3.78. The molecule has 1 N–H and O–H groups in total. The predicted molar refractivity (Wildman–Crippen MR) is 86.9 cm³/mol. The SMILES string of the molecule is CCn1cncc1CNc1ccc2cc(Br)ccc2c1. The van der Waals surface area contributed by atoms with Crippen LogP contribution in [0.3, 0.4) is 0 Å². The van der Waals surface area contributed by atoms with Gasteiger partial charge in [0.25, 0.3) is 0 Å². The normalized spacial score (nSPS) is 10.9. The highest BCUT2D eigenvalue weighted by Gasteiger charge is 2.01. The van der Waals surface area contributed by atoms with Crippen LogP contribution in [0.15, 0.2) is 53.4 Å². The number of nitrogens with one attached hydrogen (secondary N) is 1. The lowest BCUT2D eigenvalue weighted by Crippen LogP contribution is -2.05. The minimum Gasteiger partial charge on any atom is -0.379 e. The fourth-order valence-electron chi connectivity index (χ4n) is 2.30. The zero-order chi connectivity index (χ0) is 13.9. The molecule has 3 rings (SSSR count). The number of halogens is 1. The number of imidazole rings is 1. The van der Waals surface area contributed by atoms with Crippen LogP contribution in [0.4, 0.5) is 5.69 Å². The molecule has 0 bridgehead atoms. The van der Waals surface area contributed by atoms with E-state index in [4.69, 9.17) is 0 Å². The number of fused-ring (bicyclic) bond motifs is 1. The minimum atomic E-state index is 0.788. The Hall–Kier alpha value is -1.81. The van der Waals surface area contributed by atoms with Gasteiger partial charge in [-0.15, -0.1) is 0 Å². The maximum absolute atomic E-state index is 4.18. The van der Waals surface area contributed by atoms with Gasteiger partial charge in [0.1, 0.15) is 0 Å². The largest absolute Gasteiger partial charge is 0.379 e. The van der Waals surface area contributed by atoms with Crippen LogP contribution in [-0.4, -0.2) is 9.55 Å². The van der Waals surface area contributed by atoms with E-state index in [9.17, 15) is 0 Å². The van der Waals surface area contributed by atoms with E-state index in [2.05, 4.69) is 74.1 Å². The third-order valence-electron chi connectivity index (χ3n) is 3.42. The molecular formula is C16H16BrN3. The summed E-state index contributed by atoms with van der Waals surface area (Å²) in [6, 6.07) is 12.7. The van der Waals surface area contributed by atoms with E-state index in [1.54, 1.807) is 0 Å². The van der Waals surface area contributed by atoms with Crippen LogP contribution in [0.5, 0.6) is 0 Å². The summed E-state index contributed by atoms with van der Waals surface area (Å²) in [5, 5.41) is 5.93. The highest BCUT2D eigenvalue weighted by Crippen LogP contribution is 2.23. The zero-order valence-electron chi connectivity index (χ0n) is 11.3. The summed E-state index contributed by atoms with van der Waals surface area (Å²) in [7, 11) is 0. The van der Waals surface area contributed by atoms with Crippen molar-refractivity contribution in [2.24, 2.45) is 0 Å². The Morgan fingerprint density at radius 2 is 1.95 bits per heavy atom. The maximum atomic E-state index is 4.18. The van der Waals surface area contributed by atoms with Gasteiger partial charge in [-0.2, -0.15) is 0 Å². The molecule has 102 valence electrons. The lowest BCUT2D eigenvalue weighted by Gasteiger charge is -2.09. The van der Waals surface area contributed by atoms with Crippen LogP contribution < -0.4 is 5.32 Å². The Balaban J connectivity index is 1.79. The number of anilines is 1. The molecule has 0 saturated carbocycles. The topological polar surface area (TPSA) is 29.9 Å². The Morgan fingerprint density at radius 3 is 2.80 bits per heavy atom. The molecule has 0 amide bonds. The Bertz CT molecular complexity index is 733. The second kappa shape index (κ2) is 5.67. The van der Waals surface area contributed by atoms with Gasteiger partial charge in [0.15, 0.2) is 0 Å². The Morgan fingerprint density at radius 1 is 1.15 bits per heavy atom. The Kier molecular flexibility index (Phi) is 3.74. The number of aromatic nitrogens is 2. The Labute approximate surface area is 126 Å². The van der Waals surface area contributed by atoms with Crippen molar-refractivity contribution in [2.75, 3.05) is 5.32 Å². The molecule has 0 unspecified atom stereocenters. The van der Waals surface area contributed by atoms with E-state index in [1.807, 2.05) is 12.5 Å². The highest BCUT2D eigenvalue weighted by molar-refractivity contribution is 9.10. The smallest absolute Gasteiger partial charge is 0.0948 e. The first-order chi connectivity index (χ1) is 9.76. The molecule has 0 aliphatic heterocycles. The van der Waals surface area contributed by atoms with E-state index >= 15 is 0 Å². The third-order valence-corrected chi connectivity index (χ3v) is 3.91. The molecule has 1 heterocycles. The van der Waals surface area contributed by atoms with Crippen molar-refractivity contribution in [3.8, 4) is 0 Å². The number of benzene rings is 2. The molecule has 0 aliphatic rings. The van der Waals surface area contributed by atoms with Gasteiger partial charge in [0.05, 0.1) is 18.6 Å². The van der Waals surface area contributed by atoms with Crippen molar-refractivity contribution in [1.82, 2.24) is 9.55 Å². The molecule has 4 heteroatoms. The van der Waals surface area contributed by atoms with Gasteiger partial charge in [-0.25, -0.2) is 4.98 Å². The van der Waals surface area contributed by atoms with E-state index < -0.39 is 0 Å². The predicted octanol–water partition coefficient (Wildman–Crippen LogP) is 4.43. The average molecular weight is 330 g/mol. The van der Waals surface area contributed by atoms with Crippen molar-refractivity contribution in [3.05, 3.63) is 59.1 Å². The average Bonchev–Trinajstić information content (AvgIpc) is 2.92. The molecule has 0 fully saturated rings. The second-order valence-corrected chi connectivity index (χ2v) is 5.65. The number of hydrogen-bond donors (Lipinski definition) is 1.